The number of benzene rings is 1. The Labute approximate surface area is 127 Å². The standard InChI is InChI=1S/C14H19N3O5/c1-20-11-6-9(7-12(21-2)14(11)22-3)13-10(8-19)15-16-17(13)4-5-18/h6-7,18-19H,4-5,8H2,1-3H3. The van der Waals surface area contributed by atoms with Crippen LogP contribution in [0.3, 0.4) is 0 Å². The molecular weight excluding hydrogens is 290 g/mol. The Morgan fingerprint density at radius 1 is 1.05 bits per heavy atom. The molecule has 8 nitrogen and oxygen atoms in total. The van der Waals surface area contributed by atoms with Crippen molar-refractivity contribution in [1.82, 2.24) is 15.0 Å². The van der Waals surface area contributed by atoms with Crippen LogP contribution in [0.2, 0.25) is 0 Å². The van der Waals surface area contributed by atoms with Gasteiger partial charge in [-0.2, -0.15) is 0 Å². The van der Waals surface area contributed by atoms with Crippen molar-refractivity contribution in [3.8, 4) is 28.5 Å². The van der Waals surface area contributed by atoms with Crippen molar-refractivity contribution in [2.45, 2.75) is 13.2 Å². The summed E-state index contributed by atoms with van der Waals surface area (Å²) in [5.74, 6) is 1.44. The minimum Gasteiger partial charge on any atom is -0.493 e. The van der Waals surface area contributed by atoms with E-state index in [2.05, 4.69) is 10.3 Å². The van der Waals surface area contributed by atoms with Crippen LogP contribution >= 0.6 is 0 Å². The van der Waals surface area contributed by atoms with Crippen LogP contribution < -0.4 is 14.2 Å². The van der Waals surface area contributed by atoms with Gasteiger partial charge >= 0.3 is 0 Å². The maximum absolute atomic E-state index is 9.45. The molecule has 0 unspecified atom stereocenters. The summed E-state index contributed by atoms with van der Waals surface area (Å²) in [5.41, 5.74) is 1.69. The summed E-state index contributed by atoms with van der Waals surface area (Å²) in [6, 6.07) is 3.49. The molecule has 0 bridgehead atoms. The molecule has 1 heterocycles. The molecule has 0 amide bonds. The quantitative estimate of drug-likeness (QED) is 0.766. The second-order valence-corrected chi connectivity index (χ2v) is 4.40. The van der Waals surface area contributed by atoms with Crippen LogP contribution in [0.4, 0.5) is 0 Å². The molecule has 0 saturated carbocycles. The smallest absolute Gasteiger partial charge is 0.203 e. The number of hydrogen-bond acceptors (Lipinski definition) is 7. The molecule has 0 aliphatic carbocycles. The van der Waals surface area contributed by atoms with E-state index in [1.54, 1.807) is 12.1 Å². The first-order chi connectivity index (χ1) is 10.7. The number of aromatic nitrogens is 3. The lowest BCUT2D eigenvalue weighted by molar-refractivity contribution is 0.268. The molecule has 1 aromatic carbocycles. The second kappa shape index (κ2) is 7.10. The molecule has 0 radical (unpaired) electrons. The van der Waals surface area contributed by atoms with Crippen molar-refractivity contribution in [3.05, 3.63) is 17.8 Å². The summed E-state index contributed by atoms with van der Waals surface area (Å²) in [4.78, 5) is 0. The van der Waals surface area contributed by atoms with E-state index in [1.807, 2.05) is 0 Å². The first-order valence-electron chi connectivity index (χ1n) is 6.64. The minimum absolute atomic E-state index is 0.0916. The Morgan fingerprint density at radius 3 is 2.14 bits per heavy atom. The molecule has 1 aromatic heterocycles. The van der Waals surface area contributed by atoms with Gasteiger partial charge in [-0.05, 0) is 12.1 Å². The molecule has 2 aromatic rings. The zero-order chi connectivity index (χ0) is 16.1. The first kappa shape index (κ1) is 16.1. The minimum atomic E-state index is -0.266. The number of ether oxygens (including phenoxy) is 3. The number of methoxy groups -OCH3 is 3. The van der Waals surface area contributed by atoms with Crippen LogP contribution in [0.1, 0.15) is 5.69 Å². The topological polar surface area (TPSA) is 98.9 Å². The molecule has 8 heteroatoms. The van der Waals surface area contributed by atoms with E-state index >= 15 is 0 Å². The van der Waals surface area contributed by atoms with Gasteiger partial charge in [-0.1, -0.05) is 5.21 Å². The lowest BCUT2D eigenvalue weighted by Crippen LogP contribution is -2.07. The highest BCUT2D eigenvalue weighted by molar-refractivity contribution is 5.70. The highest BCUT2D eigenvalue weighted by atomic mass is 16.5. The van der Waals surface area contributed by atoms with Crippen molar-refractivity contribution in [2.75, 3.05) is 27.9 Å². The summed E-state index contributed by atoms with van der Waals surface area (Å²) in [5, 5.41) is 26.4. The van der Waals surface area contributed by atoms with E-state index in [4.69, 9.17) is 19.3 Å². The first-order valence-corrected chi connectivity index (χ1v) is 6.64. The molecule has 0 aliphatic rings. The van der Waals surface area contributed by atoms with E-state index in [0.29, 0.717) is 34.2 Å². The Bertz CT molecular complexity index is 616. The summed E-state index contributed by atoms with van der Waals surface area (Å²) in [6.07, 6.45) is 0. The number of aliphatic hydroxyl groups excluding tert-OH is 2. The third-order valence-corrected chi connectivity index (χ3v) is 3.20. The molecule has 0 aliphatic heterocycles. The molecule has 22 heavy (non-hydrogen) atoms. The maximum atomic E-state index is 9.45. The summed E-state index contributed by atoms with van der Waals surface area (Å²) >= 11 is 0. The summed E-state index contributed by atoms with van der Waals surface area (Å²) in [7, 11) is 4.57. The van der Waals surface area contributed by atoms with Gasteiger partial charge in [0.2, 0.25) is 5.75 Å². The van der Waals surface area contributed by atoms with Gasteiger partial charge in [0.1, 0.15) is 5.69 Å². The third kappa shape index (κ3) is 2.83. The Balaban J connectivity index is 2.64. The fourth-order valence-corrected chi connectivity index (χ4v) is 2.24. The van der Waals surface area contributed by atoms with Crippen molar-refractivity contribution in [2.24, 2.45) is 0 Å². The van der Waals surface area contributed by atoms with Crippen LogP contribution in [-0.2, 0) is 13.2 Å². The van der Waals surface area contributed by atoms with E-state index in [1.165, 1.54) is 26.0 Å². The Hall–Kier alpha value is -2.32. The number of rotatable bonds is 7. The summed E-state index contributed by atoms with van der Waals surface area (Å²) in [6.45, 7) is -0.0952. The van der Waals surface area contributed by atoms with Gasteiger partial charge in [0.05, 0.1) is 46.8 Å². The normalized spacial score (nSPS) is 10.6. The highest BCUT2D eigenvalue weighted by Gasteiger charge is 2.19. The van der Waals surface area contributed by atoms with E-state index in [0.717, 1.165) is 0 Å². The monoisotopic (exact) mass is 309 g/mol. The van der Waals surface area contributed by atoms with Crippen molar-refractivity contribution in [3.63, 3.8) is 0 Å². The number of hydrogen-bond donors (Lipinski definition) is 2. The fraction of sp³-hybridized carbons (Fsp3) is 0.429. The van der Waals surface area contributed by atoms with Crippen molar-refractivity contribution < 1.29 is 24.4 Å². The van der Waals surface area contributed by atoms with Gasteiger partial charge < -0.3 is 24.4 Å². The zero-order valence-electron chi connectivity index (χ0n) is 12.7. The van der Waals surface area contributed by atoms with Gasteiger partial charge in [0, 0.05) is 5.56 Å². The fourth-order valence-electron chi connectivity index (χ4n) is 2.24. The predicted octanol–water partition coefficient (Wildman–Crippen LogP) is 0.455. The molecule has 0 spiro atoms. The maximum Gasteiger partial charge on any atom is 0.203 e. The van der Waals surface area contributed by atoms with E-state index in [-0.39, 0.29) is 19.8 Å². The van der Waals surface area contributed by atoms with Crippen LogP contribution in [0.25, 0.3) is 11.3 Å². The second-order valence-electron chi connectivity index (χ2n) is 4.40. The zero-order valence-corrected chi connectivity index (χ0v) is 12.7. The van der Waals surface area contributed by atoms with Crippen LogP contribution in [0, 0.1) is 0 Å². The molecule has 0 atom stereocenters. The Kier molecular flexibility index (Phi) is 5.18. The summed E-state index contributed by atoms with van der Waals surface area (Å²) < 4.78 is 17.5. The molecule has 0 saturated heterocycles. The molecule has 120 valence electrons. The van der Waals surface area contributed by atoms with Gasteiger partial charge in [0.25, 0.3) is 0 Å². The van der Waals surface area contributed by atoms with Crippen LogP contribution in [0.5, 0.6) is 17.2 Å². The van der Waals surface area contributed by atoms with Crippen LogP contribution in [0.15, 0.2) is 12.1 Å². The van der Waals surface area contributed by atoms with Gasteiger partial charge in [0.15, 0.2) is 11.5 Å². The van der Waals surface area contributed by atoms with Crippen LogP contribution in [-0.4, -0.2) is 53.1 Å². The molecular formula is C14H19N3O5. The van der Waals surface area contributed by atoms with Crippen molar-refractivity contribution >= 4 is 0 Å². The van der Waals surface area contributed by atoms with Gasteiger partial charge in [-0.25, -0.2) is 4.68 Å². The van der Waals surface area contributed by atoms with Gasteiger partial charge in [-0.3, -0.25) is 0 Å². The SMILES string of the molecule is COc1cc(-c2c(CO)nnn2CCO)cc(OC)c1OC. The average molecular weight is 309 g/mol. The number of nitrogens with zero attached hydrogens (tertiary/aromatic N) is 3. The van der Waals surface area contributed by atoms with E-state index < -0.39 is 0 Å². The lowest BCUT2D eigenvalue weighted by Gasteiger charge is -2.15. The molecule has 2 N–H and O–H groups in total. The molecule has 0 fully saturated rings. The molecule has 2 rings (SSSR count). The Morgan fingerprint density at radius 2 is 1.68 bits per heavy atom. The highest BCUT2D eigenvalue weighted by Crippen LogP contribution is 2.41. The largest absolute Gasteiger partial charge is 0.493 e. The lowest BCUT2D eigenvalue weighted by atomic mass is 10.1. The third-order valence-electron chi connectivity index (χ3n) is 3.20. The van der Waals surface area contributed by atoms with Gasteiger partial charge in [-0.15, -0.1) is 5.10 Å². The average Bonchev–Trinajstić information content (AvgIpc) is 2.96. The van der Waals surface area contributed by atoms with Crippen molar-refractivity contribution in [1.29, 1.82) is 0 Å². The predicted molar refractivity (Wildman–Crippen MR) is 78.1 cm³/mol. The number of aliphatic hydroxyl groups is 2. The van der Waals surface area contributed by atoms with E-state index in [9.17, 15) is 5.11 Å².